The predicted octanol–water partition coefficient (Wildman–Crippen LogP) is 5.33. The standard InChI is InChI=1S/C29H35N3O4/c1-4-26-25-14-20(5-8-27(25)32(30-26)19(2)3)17-35-24-7-6-23-13-21(18-36-28(23)15-24)16-31-11-9-22(10-12-31)29(33)34/h5-8,13-15,19,22H,4,9-12,16-18H2,1-3H3,(H,33,34). The number of aliphatic carboxylic acids is 1. The van der Waals surface area contributed by atoms with Gasteiger partial charge in [0.1, 0.15) is 24.7 Å². The van der Waals surface area contributed by atoms with Crippen LogP contribution in [-0.2, 0) is 17.8 Å². The number of hydrogen-bond acceptors (Lipinski definition) is 5. The van der Waals surface area contributed by atoms with Crippen LogP contribution in [0.5, 0.6) is 11.5 Å². The Bertz CT molecular complexity index is 1290. The Morgan fingerprint density at radius 2 is 2.00 bits per heavy atom. The Kier molecular flexibility index (Phi) is 7.01. The summed E-state index contributed by atoms with van der Waals surface area (Å²) in [4.78, 5) is 13.5. The van der Waals surface area contributed by atoms with Crippen molar-refractivity contribution in [1.29, 1.82) is 0 Å². The van der Waals surface area contributed by atoms with E-state index >= 15 is 0 Å². The summed E-state index contributed by atoms with van der Waals surface area (Å²) in [6, 6.07) is 12.8. The molecule has 0 atom stereocenters. The zero-order valence-corrected chi connectivity index (χ0v) is 21.4. The minimum absolute atomic E-state index is 0.203. The normalized spacial score (nSPS) is 16.6. The third kappa shape index (κ3) is 5.12. The van der Waals surface area contributed by atoms with E-state index in [1.165, 1.54) is 16.5 Å². The molecule has 2 aliphatic heterocycles. The molecule has 0 amide bonds. The molecule has 0 spiro atoms. The van der Waals surface area contributed by atoms with Gasteiger partial charge in [-0.3, -0.25) is 14.4 Å². The molecule has 3 heterocycles. The Balaban J connectivity index is 1.22. The smallest absolute Gasteiger partial charge is 0.306 e. The van der Waals surface area contributed by atoms with Crippen molar-refractivity contribution in [2.45, 2.75) is 52.7 Å². The van der Waals surface area contributed by atoms with Gasteiger partial charge in [-0.25, -0.2) is 0 Å². The zero-order chi connectivity index (χ0) is 25.2. The van der Waals surface area contributed by atoms with Crippen LogP contribution < -0.4 is 9.47 Å². The third-order valence-corrected chi connectivity index (χ3v) is 7.20. The molecule has 2 aliphatic rings. The molecule has 1 N–H and O–H groups in total. The van der Waals surface area contributed by atoms with Crippen molar-refractivity contribution >= 4 is 22.9 Å². The summed E-state index contributed by atoms with van der Waals surface area (Å²) in [6.45, 7) is 9.94. The average Bonchev–Trinajstić information content (AvgIpc) is 3.26. The Morgan fingerprint density at radius 1 is 1.19 bits per heavy atom. The fourth-order valence-corrected chi connectivity index (χ4v) is 5.16. The van der Waals surface area contributed by atoms with Gasteiger partial charge in [0.2, 0.25) is 0 Å². The lowest BCUT2D eigenvalue weighted by molar-refractivity contribution is -0.143. The zero-order valence-electron chi connectivity index (χ0n) is 21.4. The van der Waals surface area contributed by atoms with Crippen LogP contribution >= 0.6 is 0 Å². The van der Waals surface area contributed by atoms with Crippen molar-refractivity contribution in [1.82, 2.24) is 14.7 Å². The number of aryl methyl sites for hydroxylation is 1. The van der Waals surface area contributed by atoms with Crippen molar-refractivity contribution in [2.24, 2.45) is 5.92 Å². The number of carbonyl (C=O) groups is 1. The Hall–Kier alpha value is -3.32. The van der Waals surface area contributed by atoms with Gasteiger partial charge in [-0.2, -0.15) is 5.10 Å². The van der Waals surface area contributed by atoms with Crippen LogP contribution in [0.4, 0.5) is 0 Å². The van der Waals surface area contributed by atoms with E-state index in [1.54, 1.807) is 0 Å². The number of hydrogen-bond donors (Lipinski definition) is 1. The summed E-state index contributed by atoms with van der Waals surface area (Å²) in [6.07, 6.45) is 4.53. The largest absolute Gasteiger partial charge is 0.489 e. The van der Waals surface area contributed by atoms with E-state index in [0.717, 1.165) is 54.4 Å². The highest BCUT2D eigenvalue weighted by atomic mass is 16.5. The number of piperidine rings is 1. The van der Waals surface area contributed by atoms with Crippen molar-refractivity contribution in [3.63, 3.8) is 0 Å². The highest BCUT2D eigenvalue weighted by molar-refractivity contribution is 5.83. The number of rotatable bonds is 8. The maximum atomic E-state index is 11.2. The third-order valence-electron chi connectivity index (χ3n) is 7.20. The molecule has 36 heavy (non-hydrogen) atoms. The minimum Gasteiger partial charge on any atom is -0.489 e. The van der Waals surface area contributed by atoms with Gasteiger partial charge in [0.25, 0.3) is 0 Å². The van der Waals surface area contributed by atoms with Crippen molar-refractivity contribution < 1.29 is 19.4 Å². The average molecular weight is 490 g/mol. The monoisotopic (exact) mass is 489 g/mol. The van der Waals surface area contributed by atoms with Gasteiger partial charge < -0.3 is 14.6 Å². The number of ether oxygens (including phenoxy) is 2. The van der Waals surface area contributed by atoms with Crippen molar-refractivity contribution in [2.75, 3.05) is 26.2 Å². The number of carboxylic acids is 1. The van der Waals surface area contributed by atoms with Crippen LogP contribution in [-0.4, -0.2) is 52.0 Å². The molecule has 3 aromatic rings. The SMILES string of the molecule is CCc1nn(C(C)C)c2ccc(COc3ccc4c(c3)OCC(CN3CCC(C(=O)O)CC3)=C4)cc12. The molecule has 0 bridgehead atoms. The van der Waals surface area contributed by atoms with E-state index in [-0.39, 0.29) is 5.92 Å². The fourth-order valence-electron chi connectivity index (χ4n) is 5.16. The first kappa shape index (κ1) is 24.4. The molecule has 190 valence electrons. The summed E-state index contributed by atoms with van der Waals surface area (Å²) < 4.78 is 14.3. The van der Waals surface area contributed by atoms with Crippen LogP contribution in [0.15, 0.2) is 42.0 Å². The molecule has 0 aliphatic carbocycles. The molecule has 0 saturated carbocycles. The van der Waals surface area contributed by atoms with Crippen LogP contribution in [0.1, 0.15) is 56.5 Å². The molecular formula is C29H35N3O4. The Morgan fingerprint density at radius 3 is 2.72 bits per heavy atom. The molecule has 1 aromatic heterocycles. The summed E-state index contributed by atoms with van der Waals surface area (Å²) in [5.74, 6) is 0.749. The lowest BCUT2D eigenvalue weighted by atomic mass is 9.96. The van der Waals surface area contributed by atoms with E-state index in [0.29, 0.717) is 32.1 Å². The maximum absolute atomic E-state index is 11.2. The van der Waals surface area contributed by atoms with Crippen LogP contribution in [0.2, 0.25) is 0 Å². The molecule has 7 heteroatoms. The first-order chi connectivity index (χ1) is 17.4. The van der Waals surface area contributed by atoms with Gasteiger partial charge in [0.15, 0.2) is 0 Å². The van der Waals surface area contributed by atoms with Crippen molar-refractivity contribution in [3.05, 3.63) is 58.8 Å². The second-order valence-corrected chi connectivity index (χ2v) is 10.2. The first-order valence-corrected chi connectivity index (χ1v) is 13.0. The molecule has 2 aromatic carbocycles. The quantitative estimate of drug-likeness (QED) is 0.461. The number of likely N-dealkylation sites (tertiary alicyclic amines) is 1. The summed E-state index contributed by atoms with van der Waals surface area (Å²) in [5.41, 5.74) is 5.68. The molecule has 1 saturated heterocycles. The molecule has 5 rings (SSSR count). The molecule has 0 radical (unpaired) electrons. The second-order valence-electron chi connectivity index (χ2n) is 10.2. The fraction of sp³-hybridized carbons (Fsp3) is 0.448. The summed E-state index contributed by atoms with van der Waals surface area (Å²) in [5, 5.41) is 15.2. The van der Waals surface area contributed by atoms with Gasteiger partial charge in [0, 0.05) is 29.6 Å². The maximum Gasteiger partial charge on any atom is 0.306 e. The Labute approximate surface area is 212 Å². The number of carboxylic acid groups (broad SMARTS) is 1. The highest BCUT2D eigenvalue weighted by Gasteiger charge is 2.25. The van der Waals surface area contributed by atoms with Gasteiger partial charge >= 0.3 is 5.97 Å². The van der Waals surface area contributed by atoms with E-state index in [2.05, 4.69) is 54.6 Å². The molecular weight excluding hydrogens is 454 g/mol. The number of aromatic nitrogens is 2. The van der Waals surface area contributed by atoms with E-state index in [4.69, 9.17) is 14.6 Å². The highest BCUT2D eigenvalue weighted by Crippen LogP contribution is 2.32. The number of nitrogens with zero attached hydrogens (tertiary/aromatic N) is 3. The van der Waals surface area contributed by atoms with Gasteiger partial charge in [-0.15, -0.1) is 0 Å². The molecule has 0 unspecified atom stereocenters. The topological polar surface area (TPSA) is 76.8 Å². The molecule has 1 fully saturated rings. The number of fused-ring (bicyclic) bond motifs is 2. The van der Waals surface area contributed by atoms with Gasteiger partial charge in [0.05, 0.1) is 17.1 Å². The molecule has 7 nitrogen and oxygen atoms in total. The van der Waals surface area contributed by atoms with Crippen molar-refractivity contribution in [3.8, 4) is 11.5 Å². The first-order valence-electron chi connectivity index (χ1n) is 13.0. The van der Waals surface area contributed by atoms with Gasteiger partial charge in [-0.1, -0.05) is 13.0 Å². The van der Waals surface area contributed by atoms with Crippen LogP contribution in [0.3, 0.4) is 0 Å². The lowest BCUT2D eigenvalue weighted by Gasteiger charge is -2.31. The van der Waals surface area contributed by atoms with E-state index in [9.17, 15) is 9.90 Å². The van der Waals surface area contributed by atoms with E-state index < -0.39 is 5.97 Å². The summed E-state index contributed by atoms with van der Waals surface area (Å²) in [7, 11) is 0. The number of benzene rings is 2. The second kappa shape index (κ2) is 10.3. The lowest BCUT2D eigenvalue weighted by Crippen LogP contribution is -2.38. The predicted molar refractivity (Wildman–Crippen MR) is 141 cm³/mol. The van der Waals surface area contributed by atoms with Gasteiger partial charge in [-0.05, 0) is 87.7 Å². The van der Waals surface area contributed by atoms with Crippen LogP contribution in [0, 0.1) is 5.92 Å². The minimum atomic E-state index is -0.671. The van der Waals surface area contributed by atoms with Crippen LogP contribution in [0.25, 0.3) is 17.0 Å². The van der Waals surface area contributed by atoms with E-state index in [1.807, 2.05) is 18.2 Å². The summed E-state index contributed by atoms with van der Waals surface area (Å²) >= 11 is 0.